The van der Waals surface area contributed by atoms with Crippen LogP contribution in [0.15, 0.2) is 62.8 Å². The van der Waals surface area contributed by atoms with E-state index in [0.717, 1.165) is 30.8 Å². The molecule has 1 heterocycles. The summed E-state index contributed by atoms with van der Waals surface area (Å²) in [6.45, 7) is 9.48. The molecule has 0 bridgehead atoms. The Labute approximate surface area is 146 Å². The molecule has 0 amide bonds. The van der Waals surface area contributed by atoms with Gasteiger partial charge in [-0.3, -0.25) is 0 Å². The first-order valence-corrected chi connectivity index (χ1v) is 13.0. The van der Waals surface area contributed by atoms with E-state index in [4.69, 9.17) is 4.42 Å². The molecule has 1 aromatic heterocycles. The molecular weight excluding hydrogens is 316 g/mol. The number of aryl methyl sites for hydroxylation is 1. The van der Waals surface area contributed by atoms with Gasteiger partial charge in [-0.15, -0.1) is 0 Å². The van der Waals surface area contributed by atoms with E-state index in [1.165, 1.54) is 16.5 Å². The molecular formula is C20H28OSSi. The largest absolute Gasteiger partial charge is 0.466 e. The highest BCUT2D eigenvalue weighted by Crippen LogP contribution is 2.27. The van der Waals surface area contributed by atoms with Crippen LogP contribution < -0.4 is 0 Å². The highest BCUT2D eigenvalue weighted by Gasteiger charge is 2.17. The Morgan fingerprint density at radius 2 is 1.74 bits per heavy atom. The van der Waals surface area contributed by atoms with Crippen LogP contribution in [0.3, 0.4) is 0 Å². The SMILES string of the molecule is CCCc1ccc(C/C(=C/Sc2ccccc2)C[Si](C)(C)C)o1. The summed E-state index contributed by atoms with van der Waals surface area (Å²) in [7, 11) is -1.14. The first-order chi connectivity index (χ1) is 11.0. The molecule has 3 heteroatoms. The van der Waals surface area contributed by atoms with Gasteiger partial charge < -0.3 is 4.42 Å². The second kappa shape index (κ2) is 8.60. The van der Waals surface area contributed by atoms with Crippen LogP contribution in [-0.2, 0) is 12.8 Å². The maximum absolute atomic E-state index is 5.99. The van der Waals surface area contributed by atoms with E-state index >= 15 is 0 Å². The summed E-state index contributed by atoms with van der Waals surface area (Å²) in [5.74, 6) is 2.22. The number of thioether (sulfide) groups is 1. The topological polar surface area (TPSA) is 13.1 Å². The lowest BCUT2D eigenvalue weighted by atomic mass is 10.2. The summed E-state index contributed by atoms with van der Waals surface area (Å²) in [5.41, 5.74) is 1.50. The number of hydrogen-bond acceptors (Lipinski definition) is 2. The Kier molecular flexibility index (Phi) is 6.79. The minimum Gasteiger partial charge on any atom is -0.466 e. The maximum Gasteiger partial charge on any atom is 0.108 e. The third kappa shape index (κ3) is 6.84. The Balaban J connectivity index is 2.09. The molecule has 0 aliphatic carbocycles. The molecule has 0 atom stereocenters. The van der Waals surface area contributed by atoms with Crippen LogP contribution in [0, 0.1) is 0 Å². The second-order valence-corrected chi connectivity index (χ2v) is 13.7. The van der Waals surface area contributed by atoms with Crippen molar-refractivity contribution in [3.8, 4) is 0 Å². The molecule has 0 saturated carbocycles. The van der Waals surface area contributed by atoms with Crippen LogP contribution in [0.25, 0.3) is 0 Å². The zero-order valence-electron chi connectivity index (χ0n) is 14.8. The maximum atomic E-state index is 5.99. The second-order valence-electron chi connectivity index (χ2n) is 7.24. The monoisotopic (exact) mass is 344 g/mol. The number of rotatable bonds is 8. The molecule has 23 heavy (non-hydrogen) atoms. The zero-order valence-corrected chi connectivity index (χ0v) is 16.6. The van der Waals surface area contributed by atoms with Crippen LogP contribution >= 0.6 is 11.8 Å². The molecule has 124 valence electrons. The minimum atomic E-state index is -1.14. The van der Waals surface area contributed by atoms with E-state index in [0.29, 0.717) is 0 Å². The molecule has 0 saturated heterocycles. The molecule has 2 rings (SSSR count). The average molecular weight is 345 g/mol. The minimum absolute atomic E-state index is 0.938. The van der Waals surface area contributed by atoms with Crippen LogP contribution in [0.5, 0.6) is 0 Å². The lowest BCUT2D eigenvalue weighted by molar-refractivity contribution is 0.470. The highest BCUT2D eigenvalue weighted by molar-refractivity contribution is 8.02. The number of hydrogen-bond donors (Lipinski definition) is 0. The lowest BCUT2D eigenvalue weighted by Gasteiger charge is -2.18. The van der Waals surface area contributed by atoms with Crippen molar-refractivity contribution in [2.45, 2.75) is 56.8 Å². The molecule has 0 aliphatic heterocycles. The van der Waals surface area contributed by atoms with Crippen LogP contribution in [-0.4, -0.2) is 8.07 Å². The predicted octanol–water partition coefficient (Wildman–Crippen LogP) is 6.79. The summed E-state index contributed by atoms with van der Waals surface area (Å²) in [4.78, 5) is 1.30. The van der Waals surface area contributed by atoms with Crippen LogP contribution in [0.2, 0.25) is 25.7 Å². The van der Waals surface area contributed by atoms with Gasteiger partial charge in [0.15, 0.2) is 0 Å². The van der Waals surface area contributed by atoms with E-state index in [2.05, 4.69) is 74.4 Å². The Morgan fingerprint density at radius 1 is 1.04 bits per heavy atom. The van der Waals surface area contributed by atoms with E-state index in [1.807, 2.05) is 11.8 Å². The average Bonchev–Trinajstić information content (AvgIpc) is 2.92. The van der Waals surface area contributed by atoms with E-state index in [1.54, 1.807) is 0 Å². The van der Waals surface area contributed by atoms with Crippen molar-refractivity contribution in [2.24, 2.45) is 0 Å². The van der Waals surface area contributed by atoms with E-state index in [9.17, 15) is 0 Å². The third-order valence-corrected chi connectivity index (χ3v) is 5.99. The summed E-state index contributed by atoms with van der Waals surface area (Å²) >= 11 is 1.82. The van der Waals surface area contributed by atoms with Gasteiger partial charge in [-0.1, -0.05) is 62.1 Å². The van der Waals surface area contributed by atoms with Gasteiger partial charge >= 0.3 is 0 Å². The van der Waals surface area contributed by atoms with Gasteiger partial charge in [0.2, 0.25) is 0 Å². The molecule has 0 spiro atoms. The number of allylic oxidation sites excluding steroid dienone is 1. The molecule has 0 aliphatic rings. The first kappa shape index (κ1) is 18.1. The molecule has 0 unspecified atom stereocenters. The molecule has 0 fully saturated rings. The fourth-order valence-electron chi connectivity index (χ4n) is 2.60. The van der Waals surface area contributed by atoms with Crippen molar-refractivity contribution in [3.63, 3.8) is 0 Å². The molecule has 2 aromatic rings. The summed E-state index contributed by atoms with van der Waals surface area (Å²) in [6, 6.07) is 16.1. The Morgan fingerprint density at radius 3 is 2.39 bits per heavy atom. The predicted molar refractivity (Wildman–Crippen MR) is 105 cm³/mol. The standard InChI is InChI=1S/C20H28OSSi/c1-5-9-18-12-13-19(21-18)14-17(16-23(2,3)4)15-22-20-10-7-6-8-11-20/h6-8,10-13,15H,5,9,14,16H2,1-4H3/b17-15-. The van der Waals surface area contributed by atoms with Gasteiger partial charge in [0.1, 0.15) is 11.5 Å². The summed E-state index contributed by atoms with van der Waals surface area (Å²) < 4.78 is 5.99. The third-order valence-electron chi connectivity index (χ3n) is 3.48. The van der Waals surface area contributed by atoms with Gasteiger partial charge in [0.05, 0.1) is 0 Å². The molecule has 0 radical (unpaired) electrons. The highest BCUT2D eigenvalue weighted by atomic mass is 32.2. The van der Waals surface area contributed by atoms with Gasteiger partial charge in [-0.2, -0.15) is 0 Å². The summed E-state index contributed by atoms with van der Waals surface area (Å²) in [5, 5.41) is 2.34. The number of furan rings is 1. The van der Waals surface area contributed by atoms with Crippen molar-refractivity contribution in [3.05, 3.63) is 65.0 Å². The van der Waals surface area contributed by atoms with Crippen molar-refractivity contribution in [1.29, 1.82) is 0 Å². The number of benzene rings is 1. The van der Waals surface area contributed by atoms with E-state index in [-0.39, 0.29) is 0 Å². The molecule has 0 N–H and O–H groups in total. The fourth-order valence-corrected chi connectivity index (χ4v) is 5.12. The van der Waals surface area contributed by atoms with Gasteiger partial charge in [0, 0.05) is 25.8 Å². The summed E-state index contributed by atoms with van der Waals surface area (Å²) in [6.07, 6.45) is 3.11. The van der Waals surface area contributed by atoms with Crippen molar-refractivity contribution >= 4 is 19.8 Å². The Hall–Kier alpha value is -1.19. The Bertz CT molecular complexity index is 623. The van der Waals surface area contributed by atoms with E-state index < -0.39 is 8.07 Å². The smallest absolute Gasteiger partial charge is 0.108 e. The molecule has 1 aromatic carbocycles. The van der Waals surface area contributed by atoms with Gasteiger partial charge in [-0.25, -0.2) is 0 Å². The zero-order chi connectivity index (χ0) is 16.7. The van der Waals surface area contributed by atoms with Crippen LogP contribution in [0.4, 0.5) is 0 Å². The van der Waals surface area contributed by atoms with Crippen LogP contribution in [0.1, 0.15) is 24.9 Å². The fraction of sp³-hybridized carbons (Fsp3) is 0.400. The molecule has 1 nitrogen and oxygen atoms in total. The van der Waals surface area contributed by atoms with Crippen molar-refractivity contribution < 1.29 is 4.42 Å². The normalized spacial score (nSPS) is 12.6. The lowest BCUT2D eigenvalue weighted by Crippen LogP contribution is -2.20. The first-order valence-electron chi connectivity index (χ1n) is 8.43. The van der Waals surface area contributed by atoms with Gasteiger partial charge in [-0.05, 0) is 42.1 Å². The van der Waals surface area contributed by atoms with Gasteiger partial charge in [0.25, 0.3) is 0 Å². The quantitative estimate of drug-likeness (QED) is 0.386. The van der Waals surface area contributed by atoms with Crippen molar-refractivity contribution in [1.82, 2.24) is 0 Å². The van der Waals surface area contributed by atoms with Crippen molar-refractivity contribution in [2.75, 3.05) is 0 Å².